The number of H-pyrrole nitrogens is 1. The van der Waals surface area contributed by atoms with Crippen LogP contribution in [0.2, 0.25) is 0 Å². The minimum Gasteiger partial charge on any atom is -0.337 e. The third kappa shape index (κ3) is 1.85. The molecule has 1 N–H and O–H groups in total. The summed E-state index contributed by atoms with van der Waals surface area (Å²) in [4.78, 5) is 3.09. The highest BCUT2D eigenvalue weighted by Gasteiger charge is 2.16. The Hall–Kier alpha value is -0.570. The van der Waals surface area contributed by atoms with Crippen LogP contribution in [0.5, 0.6) is 0 Å². The van der Waals surface area contributed by atoms with Crippen LogP contribution in [-0.4, -0.2) is 9.55 Å². The second-order valence-electron chi connectivity index (χ2n) is 4.00. The van der Waals surface area contributed by atoms with Gasteiger partial charge in [0.1, 0.15) is 0 Å². The number of hydrogen-bond donors (Lipinski definition) is 1. The monoisotopic (exact) mass is 196 g/mol. The Balaban J connectivity index is 2.12. The lowest BCUT2D eigenvalue weighted by molar-refractivity contribution is 0.449. The molecule has 0 aliphatic heterocycles. The zero-order valence-electron chi connectivity index (χ0n) is 8.05. The van der Waals surface area contributed by atoms with Crippen LogP contribution in [-0.2, 0) is 6.54 Å². The number of aromatic nitrogens is 2. The number of nitrogens with zero attached hydrogens (tertiary/aromatic N) is 1. The number of imidazole rings is 1. The molecule has 2 rings (SSSR count). The summed E-state index contributed by atoms with van der Waals surface area (Å²) in [7, 11) is 0. The molecule has 0 aromatic carbocycles. The molecule has 0 atom stereocenters. The second kappa shape index (κ2) is 3.66. The van der Waals surface area contributed by atoms with E-state index in [-0.39, 0.29) is 0 Å². The summed E-state index contributed by atoms with van der Waals surface area (Å²) in [6.07, 6.45) is 7.57. The number of aromatic amines is 1. The number of aryl methyl sites for hydroxylation is 1. The summed E-state index contributed by atoms with van der Waals surface area (Å²) in [6, 6.07) is 0. The Morgan fingerprint density at radius 1 is 1.54 bits per heavy atom. The summed E-state index contributed by atoms with van der Waals surface area (Å²) in [6.45, 7) is 3.23. The molecule has 1 saturated carbocycles. The van der Waals surface area contributed by atoms with Crippen molar-refractivity contribution in [2.24, 2.45) is 5.92 Å². The highest BCUT2D eigenvalue weighted by Crippen LogP contribution is 2.26. The van der Waals surface area contributed by atoms with Crippen LogP contribution in [0.15, 0.2) is 6.20 Å². The van der Waals surface area contributed by atoms with Crippen molar-refractivity contribution in [3.63, 3.8) is 0 Å². The third-order valence-corrected chi connectivity index (χ3v) is 3.33. The van der Waals surface area contributed by atoms with E-state index in [0.29, 0.717) is 0 Å². The second-order valence-corrected chi connectivity index (χ2v) is 4.38. The van der Waals surface area contributed by atoms with E-state index in [2.05, 4.69) is 16.5 Å². The summed E-state index contributed by atoms with van der Waals surface area (Å²) in [5, 5.41) is 0. The third-order valence-electron chi connectivity index (χ3n) is 2.99. The maximum Gasteiger partial charge on any atom is 0.177 e. The zero-order valence-corrected chi connectivity index (χ0v) is 8.86. The molecule has 0 spiro atoms. The average Bonchev–Trinajstić information content (AvgIpc) is 2.70. The number of rotatable bonds is 2. The normalized spacial score (nSPS) is 18.2. The standard InChI is InChI=1S/C10H16N2S/c1-8-6-11-10(13)12(8)7-9-4-2-3-5-9/h6,9H,2-5,7H2,1H3,(H,11,13). The molecule has 1 aromatic rings. The minimum atomic E-state index is 0.862. The lowest BCUT2D eigenvalue weighted by Crippen LogP contribution is -2.08. The molecule has 3 heteroatoms. The molecular formula is C10H16N2S. The molecule has 1 aromatic heterocycles. The fraction of sp³-hybridized carbons (Fsp3) is 0.700. The maximum atomic E-state index is 5.21. The molecule has 2 nitrogen and oxygen atoms in total. The summed E-state index contributed by atoms with van der Waals surface area (Å²) >= 11 is 5.21. The molecule has 0 saturated heterocycles. The van der Waals surface area contributed by atoms with Gasteiger partial charge in [-0.2, -0.15) is 0 Å². The van der Waals surface area contributed by atoms with Crippen LogP contribution >= 0.6 is 12.2 Å². The number of hydrogen-bond acceptors (Lipinski definition) is 1. The predicted molar refractivity (Wildman–Crippen MR) is 56.3 cm³/mol. The highest BCUT2D eigenvalue weighted by molar-refractivity contribution is 7.71. The average molecular weight is 196 g/mol. The topological polar surface area (TPSA) is 20.7 Å². The van der Waals surface area contributed by atoms with Gasteiger partial charge in [-0.1, -0.05) is 12.8 Å². The molecular weight excluding hydrogens is 180 g/mol. The predicted octanol–water partition coefficient (Wildman–Crippen LogP) is 3.04. The highest BCUT2D eigenvalue weighted by atomic mass is 32.1. The smallest absolute Gasteiger partial charge is 0.177 e. The van der Waals surface area contributed by atoms with Crippen LogP contribution in [0.4, 0.5) is 0 Å². The SMILES string of the molecule is Cc1c[nH]c(=S)n1CC1CCCC1. The lowest BCUT2D eigenvalue weighted by Gasteiger charge is -2.11. The lowest BCUT2D eigenvalue weighted by atomic mass is 10.1. The van der Waals surface area contributed by atoms with E-state index >= 15 is 0 Å². The molecule has 72 valence electrons. The van der Waals surface area contributed by atoms with E-state index in [1.807, 2.05) is 6.20 Å². The van der Waals surface area contributed by atoms with Gasteiger partial charge in [0, 0.05) is 18.4 Å². The van der Waals surface area contributed by atoms with Gasteiger partial charge in [0.15, 0.2) is 4.77 Å². The van der Waals surface area contributed by atoms with Gasteiger partial charge < -0.3 is 9.55 Å². The van der Waals surface area contributed by atoms with Crippen molar-refractivity contribution in [1.29, 1.82) is 0 Å². The largest absolute Gasteiger partial charge is 0.337 e. The van der Waals surface area contributed by atoms with Crippen molar-refractivity contribution < 1.29 is 0 Å². The maximum absolute atomic E-state index is 5.21. The van der Waals surface area contributed by atoms with Crippen LogP contribution in [0, 0.1) is 17.6 Å². The van der Waals surface area contributed by atoms with E-state index in [0.717, 1.165) is 17.2 Å². The van der Waals surface area contributed by atoms with Gasteiger partial charge in [0.25, 0.3) is 0 Å². The van der Waals surface area contributed by atoms with Crippen molar-refractivity contribution in [3.05, 3.63) is 16.7 Å². The molecule has 0 unspecified atom stereocenters. The van der Waals surface area contributed by atoms with Gasteiger partial charge in [-0.25, -0.2) is 0 Å². The fourth-order valence-corrected chi connectivity index (χ4v) is 2.44. The van der Waals surface area contributed by atoms with E-state index in [1.54, 1.807) is 0 Å². The minimum absolute atomic E-state index is 0.862. The molecule has 0 radical (unpaired) electrons. The van der Waals surface area contributed by atoms with Crippen LogP contribution in [0.1, 0.15) is 31.4 Å². The Labute approximate surface area is 84.0 Å². The van der Waals surface area contributed by atoms with Crippen molar-refractivity contribution in [1.82, 2.24) is 9.55 Å². The van der Waals surface area contributed by atoms with Crippen LogP contribution < -0.4 is 0 Å². The van der Waals surface area contributed by atoms with Gasteiger partial charge in [0.2, 0.25) is 0 Å². The Kier molecular flexibility index (Phi) is 2.54. The van der Waals surface area contributed by atoms with Crippen LogP contribution in [0.3, 0.4) is 0 Å². The van der Waals surface area contributed by atoms with Crippen molar-refractivity contribution >= 4 is 12.2 Å². The summed E-state index contributed by atoms with van der Waals surface area (Å²) in [5.74, 6) is 0.862. The molecule has 1 heterocycles. The van der Waals surface area contributed by atoms with E-state index in [9.17, 15) is 0 Å². The van der Waals surface area contributed by atoms with Gasteiger partial charge in [-0.3, -0.25) is 0 Å². The zero-order chi connectivity index (χ0) is 9.26. The van der Waals surface area contributed by atoms with E-state index < -0.39 is 0 Å². The summed E-state index contributed by atoms with van der Waals surface area (Å²) < 4.78 is 3.11. The van der Waals surface area contributed by atoms with Crippen molar-refractivity contribution in [3.8, 4) is 0 Å². The molecule has 0 amide bonds. The number of nitrogens with one attached hydrogen (secondary N) is 1. The molecule has 1 aliphatic carbocycles. The van der Waals surface area contributed by atoms with E-state index in [4.69, 9.17) is 12.2 Å². The molecule has 0 bridgehead atoms. The first-order valence-corrected chi connectivity index (χ1v) is 5.43. The van der Waals surface area contributed by atoms with Crippen molar-refractivity contribution in [2.75, 3.05) is 0 Å². The Bertz CT molecular complexity index is 331. The molecule has 13 heavy (non-hydrogen) atoms. The van der Waals surface area contributed by atoms with E-state index in [1.165, 1.54) is 31.4 Å². The molecule has 1 aliphatic rings. The summed E-state index contributed by atoms with van der Waals surface area (Å²) in [5.41, 5.74) is 1.26. The van der Waals surface area contributed by atoms with Crippen LogP contribution in [0.25, 0.3) is 0 Å². The first kappa shape index (κ1) is 9.00. The van der Waals surface area contributed by atoms with Gasteiger partial charge in [0.05, 0.1) is 0 Å². The van der Waals surface area contributed by atoms with Crippen molar-refractivity contribution in [2.45, 2.75) is 39.2 Å². The Morgan fingerprint density at radius 2 is 2.23 bits per heavy atom. The first-order chi connectivity index (χ1) is 6.27. The van der Waals surface area contributed by atoms with Gasteiger partial charge >= 0.3 is 0 Å². The quantitative estimate of drug-likeness (QED) is 0.721. The Morgan fingerprint density at radius 3 is 2.77 bits per heavy atom. The fourth-order valence-electron chi connectivity index (χ4n) is 2.16. The van der Waals surface area contributed by atoms with Gasteiger partial charge in [-0.15, -0.1) is 0 Å². The van der Waals surface area contributed by atoms with Gasteiger partial charge in [-0.05, 0) is 37.9 Å². The molecule has 1 fully saturated rings. The first-order valence-electron chi connectivity index (χ1n) is 5.02.